The topological polar surface area (TPSA) is 87.2 Å². The maximum atomic E-state index is 11.3. The highest BCUT2D eigenvalue weighted by molar-refractivity contribution is 6.33. The molecule has 0 atom stereocenters. The minimum absolute atomic E-state index is 0.124. The van der Waals surface area contributed by atoms with Crippen LogP contribution in [-0.2, 0) is 0 Å². The molecule has 29 heavy (non-hydrogen) atoms. The highest BCUT2D eigenvalue weighted by atomic mass is 35.5. The molecule has 0 aliphatic heterocycles. The number of para-hydroxylation sites is 1. The van der Waals surface area contributed by atoms with Crippen molar-refractivity contribution in [2.75, 3.05) is 12.4 Å². The van der Waals surface area contributed by atoms with E-state index in [1.807, 2.05) is 54.6 Å². The Balaban J connectivity index is 1.85. The first-order valence-corrected chi connectivity index (χ1v) is 9.12. The summed E-state index contributed by atoms with van der Waals surface area (Å²) in [6, 6.07) is 20.0. The van der Waals surface area contributed by atoms with Gasteiger partial charge in [-0.05, 0) is 18.2 Å². The number of ether oxygens (including phenoxy) is 1. The van der Waals surface area contributed by atoms with E-state index in [0.717, 1.165) is 16.5 Å². The van der Waals surface area contributed by atoms with E-state index in [4.69, 9.17) is 16.3 Å². The highest BCUT2D eigenvalue weighted by Gasteiger charge is 2.14. The van der Waals surface area contributed by atoms with Crippen LogP contribution in [0.15, 0.2) is 66.7 Å². The lowest BCUT2D eigenvalue weighted by Crippen LogP contribution is -2.23. The average Bonchev–Trinajstić information content (AvgIpc) is 2.75. The number of carboxylic acid groups (broad SMARTS) is 1. The average molecular weight is 405 g/mol. The first-order chi connectivity index (χ1) is 14.1. The SMILES string of the molecule is COc1cc(Nc2nc(-c3ccccc3)nc3ccccc23)c(Cl)cc1C(=O)[O-]. The number of carbonyl (C=O) groups is 1. The zero-order valence-corrected chi connectivity index (χ0v) is 16.1. The van der Waals surface area contributed by atoms with Crippen molar-refractivity contribution in [3.8, 4) is 17.1 Å². The Morgan fingerprint density at radius 2 is 1.76 bits per heavy atom. The number of aromatic nitrogens is 2. The second-order valence-corrected chi connectivity index (χ2v) is 6.63. The van der Waals surface area contributed by atoms with Crippen LogP contribution in [0.5, 0.6) is 5.75 Å². The van der Waals surface area contributed by atoms with Crippen LogP contribution in [0.2, 0.25) is 5.02 Å². The number of hydrogen-bond donors (Lipinski definition) is 1. The summed E-state index contributed by atoms with van der Waals surface area (Å²) in [6.45, 7) is 0. The predicted octanol–water partition coefficient (Wildman–Crippen LogP) is 4.07. The number of methoxy groups -OCH3 is 1. The van der Waals surface area contributed by atoms with Crippen molar-refractivity contribution >= 4 is 40.0 Å². The van der Waals surface area contributed by atoms with Crippen LogP contribution >= 0.6 is 11.6 Å². The van der Waals surface area contributed by atoms with E-state index in [1.54, 1.807) is 0 Å². The summed E-state index contributed by atoms with van der Waals surface area (Å²) in [6.07, 6.45) is 0. The van der Waals surface area contributed by atoms with Crippen LogP contribution in [0.4, 0.5) is 11.5 Å². The molecule has 0 amide bonds. The molecular weight excluding hydrogens is 390 g/mol. The summed E-state index contributed by atoms with van der Waals surface area (Å²) in [5, 5.41) is 15.5. The Kier molecular flexibility index (Phi) is 5.01. The van der Waals surface area contributed by atoms with Gasteiger partial charge in [0.05, 0.1) is 29.3 Å². The molecule has 1 aromatic heterocycles. The summed E-state index contributed by atoms with van der Waals surface area (Å²) in [7, 11) is 1.38. The van der Waals surface area contributed by atoms with Gasteiger partial charge in [-0.3, -0.25) is 0 Å². The molecule has 0 radical (unpaired) electrons. The van der Waals surface area contributed by atoms with Crippen molar-refractivity contribution in [1.29, 1.82) is 0 Å². The number of anilines is 2. The minimum atomic E-state index is -1.37. The maximum absolute atomic E-state index is 11.3. The van der Waals surface area contributed by atoms with Gasteiger partial charge >= 0.3 is 0 Å². The van der Waals surface area contributed by atoms with E-state index in [2.05, 4.69) is 15.3 Å². The number of nitrogens with one attached hydrogen (secondary N) is 1. The van der Waals surface area contributed by atoms with Crippen LogP contribution in [0.25, 0.3) is 22.3 Å². The third-order valence-corrected chi connectivity index (χ3v) is 4.71. The minimum Gasteiger partial charge on any atom is -0.545 e. The smallest absolute Gasteiger partial charge is 0.162 e. The molecule has 0 spiro atoms. The number of aromatic carboxylic acids is 1. The van der Waals surface area contributed by atoms with Crippen molar-refractivity contribution in [2.45, 2.75) is 0 Å². The number of fused-ring (bicyclic) bond motifs is 1. The van der Waals surface area contributed by atoms with Gasteiger partial charge in [-0.1, -0.05) is 54.1 Å². The number of nitrogens with zero attached hydrogens (tertiary/aromatic N) is 2. The molecule has 0 fully saturated rings. The Bertz CT molecular complexity index is 1210. The Morgan fingerprint density at radius 1 is 1.03 bits per heavy atom. The largest absolute Gasteiger partial charge is 0.545 e. The fourth-order valence-electron chi connectivity index (χ4n) is 2.99. The van der Waals surface area contributed by atoms with Gasteiger partial charge in [0.2, 0.25) is 0 Å². The Hall–Kier alpha value is -3.64. The van der Waals surface area contributed by atoms with Crippen molar-refractivity contribution in [1.82, 2.24) is 9.97 Å². The number of benzene rings is 3. The molecule has 4 rings (SSSR count). The fourth-order valence-corrected chi connectivity index (χ4v) is 3.20. The van der Waals surface area contributed by atoms with Gasteiger partial charge in [0.1, 0.15) is 11.6 Å². The zero-order valence-electron chi connectivity index (χ0n) is 15.3. The number of hydrogen-bond acceptors (Lipinski definition) is 6. The van der Waals surface area contributed by atoms with Crippen molar-refractivity contribution in [3.05, 3.63) is 77.3 Å². The monoisotopic (exact) mass is 404 g/mol. The van der Waals surface area contributed by atoms with E-state index in [-0.39, 0.29) is 16.3 Å². The van der Waals surface area contributed by atoms with E-state index >= 15 is 0 Å². The van der Waals surface area contributed by atoms with E-state index < -0.39 is 5.97 Å². The number of halogens is 1. The predicted molar refractivity (Wildman–Crippen MR) is 111 cm³/mol. The second-order valence-electron chi connectivity index (χ2n) is 6.22. The summed E-state index contributed by atoms with van der Waals surface area (Å²) < 4.78 is 5.17. The van der Waals surface area contributed by atoms with Gasteiger partial charge in [-0.15, -0.1) is 0 Å². The molecule has 0 saturated heterocycles. The van der Waals surface area contributed by atoms with E-state index in [0.29, 0.717) is 17.3 Å². The van der Waals surface area contributed by atoms with Gasteiger partial charge in [-0.2, -0.15) is 0 Å². The van der Waals surface area contributed by atoms with Crippen LogP contribution in [0.3, 0.4) is 0 Å². The van der Waals surface area contributed by atoms with Gasteiger partial charge in [0, 0.05) is 22.6 Å². The molecule has 3 aromatic carbocycles. The van der Waals surface area contributed by atoms with Gasteiger partial charge in [-0.25, -0.2) is 9.97 Å². The molecule has 0 aliphatic rings. The van der Waals surface area contributed by atoms with Crippen molar-refractivity contribution < 1.29 is 14.6 Å². The summed E-state index contributed by atoms with van der Waals surface area (Å²) in [5.74, 6) is -0.131. The van der Waals surface area contributed by atoms with Crippen LogP contribution in [0.1, 0.15) is 10.4 Å². The molecule has 1 heterocycles. The molecule has 6 nitrogen and oxygen atoms in total. The molecule has 0 bridgehead atoms. The number of carboxylic acids is 1. The molecule has 1 N–H and O–H groups in total. The quantitative estimate of drug-likeness (QED) is 0.539. The third kappa shape index (κ3) is 3.70. The Morgan fingerprint density at radius 3 is 2.48 bits per heavy atom. The highest BCUT2D eigenvalue weighted by Crippen LogP contribution is 2.34. The normalized spacial score (nSPS) is 10.7. The fraction of sp³-hybridized carbons (Fsp3) is 0.0455. The van der Waals surface area contributed by atoms with Crippen molar-refractivity contribution in [2.24, 2.45) is 0 Å². The number of rotatable bonds is 5. The van der Waals surface area contributed by atoms with Gasteiger partial charge in [0.25, 0.3) is 0 Å². The molecule has 0 saturated carbocycles. The summed E-state index contributed by atoms with van der Waals surface area (Å²) >= 11 is 6.31. The molecular formula is C22H15ClN3O3-. The second kappa shape index (κ2) is 7.77. The molecule has 7 heteroatoms. The number of carbonyl (C=O) groups excluding carboxylic acids is 1. The summed E-state index contributed by atoms with van der Waals surface area (Å²) in [4.78, 5) is 20.6. The summed E-state index contributed by atoms with van der Waals surface area (Å²) in [5.41, 5.74) is 1.97. The third-order valence-electron chi connectivity index (χ3n) is 4.40. The van der Waals surface area contributed by atoms with Crippen LogP contribution in [-0.4, -0.2) is 23.0 Å². The van der Waals surface area contributed by atoms with Crippen LogP contribution in [0, 0.1) is 0 Å². The van der Waals surface area contributed by atoms with E-state index in [9.17, 15) is 9.90 Å². The molecule has 144 valence electrons. The van der Waals surface area contributed by atoms with Gasteiger partial charge in [0.15, 0.2) is 5.82 Å². The zero-order chi connectivity index (χ0) is 20.4. The molecule has 0 unspecified atom stereocenters. The standard InChI is InChI=1S/C22H16ClN3O3/c1-29-19-12-18(16(23)11-15(19)22(27)28)25-21-14-9-5-6-10-17(14)24-20(26-21)13-7-3-2-4-8-13/h2-12H,1H3,(H,27,28)(H,24,25,26)/p-1. The first-order valence-electron chi connectivity index (χ1n) is 8.75. The van der Waals surface area contributed by atoms with E-state index in [1.165, 1.54) is 19.2 Å². The Labute approximate surface area is 171 Å². The lowest BCUT2D eigenvalue weighted by molar-refractivity contribution is -0.255. The van der Waals surface area contributed by atoms with Gasteiger partial charge < -0.3 is 20.0 Å². The molecule has 4 aromatic rings. The first kappa shape index (κ1) is 18.7. The molecule has 0 aliphatic carbocycles. The maximum Gasteiger partial charge on any atom is 0.162 e. The van der Waals surface area contributed by atoms with Crippen molar-refractivity contribution in [3.63, 3.8) is 0 Å². The lowest BCUT2D eigenvalue weighted by atomic mass is 10.1. The lowest BCUT2D eigenvalue weighted by Gasteiger charge is -2.16. The van der Waals surface area contributed by atoms with Crippen LogP contribution < -0.4 is 15.2 Å².